The molecule has 6 heteroatoms. The Morgan fingerprint density at radius 2 is 2.07 bits per heavy atom. The van der Waals surface area contributed by atoms with Gasteiger partial charge in [-0.1, -0.05) is 25.1 Å². The van der Waals surface area contributed by atoms with Crippen molar-refractivity contribution in [3.05, 3.63) is 65.6 Å². The molecule has 3 aromatic rings. The molecule has 0 spiro atoms. The normalized spacial score (nSPS) is 13.6. The number of carbonyl (C=O) groups is 1. The summed E-state index contributed by atoms with van der Waals surface area (Å²) in [5.41, 5.74) is 3.06. The van der Waals surface area contributed by atoms with Crippen LogP contribution in [0.3, 0.4) is 0 Å². The van der Waals surface area contributed by atoms with Crippen LogP contribution in [0.5, 0.6) is 0 Å². The predicted molar refractivity (Wildman–Crippen MR) is 110 cm³/mol. The van der Waals surface area contributed by atoms with Crippen LogP contribution in [-0.4, -0.2) is 47.7 Å². The molecule has 0 radical (unpaired) electrons. The fraction of sp³-hybridized carbons (Fsp3) is 0.364. The number of benzene rings is 2. The van der Waals surface area contributed by atoms with E-state index in [1.54, 1.807) is 6.07 Å². The number of hydrogen-bond acceptors (Lipinski definition) is 3. The summed E-state index contributed by atoms with van der Waals surface area (Å²) >= 11 is 0. The van der Waals surface area contributed by atoms with Crippen molar-refractivity contribution in [3.63, 3.8) is 0 Å². The van der Waals surface area contributed by atoms with Crippen LogP contribution in [0.1, 0.15) is 30.4 Å². The van der Waals surface area contributed by atoms with Crippen LogP contribution in [0.2, 0.25) is 0 Å². The topological polar surface area (TPSA) is 61.0 Å². The molecule has 0 saturated carbocycles. The quantitative estimate of drug-likeness (QED) is 0.627. The fourth-order valence-corrected chi connectivity index (χ4v) is 3.34. The van der Waals surface area contributed by atoms with E-state index in [1.807, 2.05) is 39.3 Å². The van der Waals surface area contributed by atoms with Crippen LogP contribution in [0.4, 0.5) is 4.39 Å². The molecule has 0 aliphatic heterocycles. The largest absolute Gasteiger partial charge is 0.355 e. The van der Waals surface area contributed by atoms with Gasteiger partial charge in [0.2, 0.25) is 5.91 Å². The molecule has 2 N–H and O–H groups in total. The number of halogens is 1. The lowest BCUT2D eigenvalue weighted by atomic mass is 9.97. The number of H-pyrrole nitrogens is 1. The van der Waals surface area contributed by atoms with Gasteiger partial charge in [0, 0.05) is 24.4 Å². The smallest absolute Gasteiger partial charge is 0.220 e. The minimum atomic E-state index is -0.271. The summed E-state index contributed by atoms with van der Waals surface area (Å²) in [5.74, 6) is -0.321. The van der Waals surface area contributed by atoms with Crippen molar-refractivity contribution in [2.45, 2.75) is 31.7 Å². The Balaban J connectivity index is 1.55. The third-order valence-electron chi connectivity index (χ3n) is 5.15. The van der Waals surface area contributed by atoms with Gasteiger partial charge in [-0.3, -0.25) is 9.89 Å². The molecule has 0 bridgehead atoms. The van der Waals surface area contributed by atoms with E-state index in [-0.39, 0.29) is 23.7 Å². The molecular weight excluding hydrogens is 355 g/mol. The van der Waals surface area contributed by atoms with Gasteiger partial charge in [-0.05, 0) is 61.8 Å². The number of aromatic nitrogens is 2. The average molecular weight is 382 g/mol. The fourth-order valence-electron chi connectivity index (χ4n) is 3.34. The van der Waals surface area contributed by atoms with E-state index in [0.29, 0.717) is 13.0 Å². The summed E-state index contributed by atoms with van der Waals surface area (Å²) < 4.78 is 13.4. The molecule has 28 heavy (non-hydrogen) atoms. The number of nitrogens with zero attached hydrogens (tertiary/aromatic N) is 2. The molecule has 1 amide bonds. The lowest BCUT2D eigenvalue weighted by Crippen LogP contribution is -2.41. The van der Waals surface area contributed by atoms with Gasteiger partial charge in [-0.25, -0.2) is 4.39 Å². The number of amides is 1. The number of nitrogens with one attached hydrogen (secondary N) is 2. The van der Waals surface area contributed by atoms with Crippen molar-refractivity contribution < 1.29 is 9.18 Å². The first-order valence-electron chi connectivity index (χ1n) is 9.53. The van der Waals surface area contributed by atoms with E-state index in [1.165, 1.54) is 17.7 Å². The summed E-state index contributed by atoms with van der Waals surface area (Å²) in [4.78, 5) is 14.5. The zero-order valence-corrected chi connectivity index (χ0v) is 16.6. The van der Waals surface area contributed by atoms with Gasteiger partial charge in [0.1, 0.15) is 5.82 Å². The molecule has 1 heterocycles. The maximum Gasteiger partial charge on any atom is 0.220 e. The second-order valence-electron chi connectivity index (χ2n) is 7.58. The highest BCUT2D eigenvalue weighted by Crippen LogP contribution is 2.20. The van der Waals surface area contributed by atoms with Crippen LogP contribution in [0.25, 0.3) is 10.9 Å². The van der Waals surface area contributed by atoms with E-state index >= 15 is 0 Å². The summed E-state index contributed by atoms with van der Waals surface area (Å²) in [6.07, 6.45) is 2.98. The van der Waals surface area contributed by atoms with Crippen LogP contribution in [0.15, 0.2) is 48.7 Å². The summed E-state index contributed by atoms with van der Waals surface area (Å²) in [7, 11) is 4.03. The standard InChI is InChI=1S/C22H27FN4O/c1-15(17-5-4-6-19(23)12-17)9-22(28)24-14-20(27(2)3)11-16-7-8-21-18(10-16)13-25-26-21/h4-8,10,12-13,15,20H,9,11,14H2,1-3H3,(H,24,28)(H,25,26)/t15-,20-/m0/s1. The summed E-state index contributed by atoms with van der Waals surface area (Å²) in [6, 6.07) is 12.9. The van der Waals surface area contributed by atoms with Gasteiger partial charge in [-0.2, -0.15) is 5.10 Å². The molecule has 0 aliphatic carbocycles. The Kier molecular flexibility index (Phi) is 6.41. The minimum absolute atomic E-state index is 0.0195. The Hall–Kier alpha value is -2.73. The molecule has 3 rings (SSSR count). The Bertz CT molecular complexity index is 937. The molecule has 1 aromatic heterocycles. The van der Waals surface area contributed by atoms with Gasteiger partial charge in [0.15, 0.2) is 0 Å². The molecular formula is C22H27FN4O. The Morgan fingerprint density at radius 1 is 1.25 bits per heavy atom. The van der Waals surface area contributed by atoms with Gasteiger partial charge < -0.3 is 10.2 Å². The van der Waals surface area contributed by atoms with Gasteiger partial charge in [-0.15, -0.1) is 0 Å². The van der Waals surface area contributed by atoms with E-state index in [9.17, 15) is 9.18 Å². The third kappa shape index (κ3) is 5.16. The monoisotopic (exact) mass is 382 g/mol. The molecule has 2 aromatic carbocycles. The van der Waals surface area contributed by atoms with Crippen molar-refractivity contribution in [3.8, 4) is 0 Å². The van der Waals surface area contributed by atoms with Gasteiger partial charge in [0.25, 0.3) is 0 Å². The maximum atomic E-state index is 13.4. The number of fused-ring (bicyclic) bond motifs is 1. The van der Waals surface area contributed by atoms with Crippen LogP contribution < -0.4 is 5.32 Å². The first kappa shape index (κ1) is 20.0. The van der Waals surface area contributed by atoms with Gasteiger partial charge >= 0.3 is 0 Å². The van der Waals surface area contributed by atoms with Crippen molar-refractivity contribution >= 4 is 16.8 Å². The van der Waals surface area contributed by atoms with E-state index < -0.39 is 0 Å². The molecule has 2 atom stereocenters. The van der Waals surface area contributed by atoms with Gasteiger partial charge in [0.05, 0.1) is 11.7 Å². The van der Waals surface area contributed by atoms with E-state index in [4.69, 9.17) is 0 Å². The number of hydrogen-bond donors (Lipinski definition) is 2. The number of carbonyl (C=O) groups excluding carboxylic acids is 1. The lowest BCUT2D eigenvalue weighted by molar-refractivity contribution is -0.121. The first-order chi connectivity index (χ1) is 13.4. The second-order valence-corrected chi connectivity index (χ2v) is 7.58. The SMILES string of the molecule is C[C@@H](CC(=O)NC[C@H](Cc1ccc2[nH]ncc2c1)N(C)C)c1cccc(F)c1. The highest BCUT2D eigenvalue weighted by atomic mass is 19.1. The Morgan fingerprint density at radius 3 is 2.82 bits per heavy atom. The van der Waals surface area contributed by atoms with Crippen molar-refractivity contribution in [2.75, 3.05) is 20.6 Å². The zero-order valence-electron chi connectivity index (χ0n) is 16.6. The van der Waals surface area contributed by atoms with E-state index in [2.05, 4.69) is 32.5 Å². The van der Waals surface area contributed by atoms with Crippen LogP contribution in [-0.2, 0) is 11.2 Å². The molecule has 0 unspecified atom stereocenters. The molecule has 5 nitrogen and oxygen atoms in total. The highest BCUT2D eigenvalue weighted by molar-refractivity contribution is 5.78. The van der Waals surface area contributed by atoms with Crippen LogP contribution >= 0.6 is 0 Å². The Labute approximate surface area is 164 Å². The number of likely N-dealkylation sites (N-methyl/N-ethyl adjacent to an activating group) is 1. The minimum Gasteiger partial charge on any atom is -0.355 e. The van der Waals surface area contributed by atoms with Crippen molar-refractivity contribution in [1.29, 1.82) is 0 Å². The van der Waals surface area contributed by atoms with Crippen LogP contribution in [0, 0.1) is 5.82 Å². The molecule has 0 saturated heterocycles. The van der Waals surface area contributed by atoms with E-state index in [0.717, 1.165) is 22.9 Å². The maximum absolute atomic E-state index is 13.4. The summed E-state index contributed by atoms with van der Waals surface area (Å²) in [6.45, 7) is 2.50. The van der Waals surface area contributed by atoms with Crippen molar-refractivity contribution in [1.82, 2.24) is 20.4 Å². The second kappa shape index (κ2) is 8.97. The number of aromatic amines is 1. The molecule has 0 aliphatic rings. The average Bonchev–Trinajstić information content (AvgIpc) is 3.12. The molecule has 0 fully saturated rings. The van der Waals surface area contributed by atoms with Crippen molar-refractivity contribution in [2.24, 2.45) is 0 Å². The first-order valence-corrected chi connectivity index (χ1v) is 9.53. The predicted octanol–water partition coefficient (Wildman–Crippen LogP) is 3.48. The third-order valence-corrected chi connectivity index (χ3v) is 5.15. The summed E-state index contributed by atoms with van der Waals surface area (Å²) in [5, 5.41) is 11.1. The number of rotatable bonds is 8. The zero-order chi connectivity index (χ0) is 20.1. The lowest BCUT2D eigenvalue weighted by Gasteiger charge is -2.25. The highest BCUT2D eigenvalue weighted by Gasteiger charge is 2.16. The molecule has 148 valence electrons.